The predicted molar refractivity (Wildman–Crippen MR) is 104 cm³/mol. The van der Waals surface area contributed by atoms with Crippen LogP contribution in [-0.2, 0) is 20.9 Å². The Balaban J connectivity index is 1.90. The molecule has 27 heavy (non-hydrogen) atoms. The van der Waals surface area contributed by atoms with E-state index < -0.39 is 5.91 Å². The van der Waals surface area contributed by atoms with Crippen LogP contribution in [0.3, 0.4) is 0 Å². The third kappa shape index (κ3) is 4.83. The minimum atomic E-state index is -0.417. The summed E-state index contributed by atoms with van der Waals surface area (Å²) >= 11 is 1.36. The lowest BCUT2D eigenvalue weighted by atomic mass is 10.2. The van der Waals surface area contributed by atoms with Crippen molar-refractivity contribution in [3.05, 3.63) is 58.9 Å². The Hall–Kier alpha value is -2.93. The number of amides is 1. The second-order valence-electron chi connectivity index (χ2n) is 5.85. The van der Waals surface area contributed by atoms with Gasteiger partial charge in [-0.25, -0.2) is 0 Å². The van der Waals surface area contributed by atoms with Crippen molar-refractivity contribution in [1.29, 1.82) is 0 Å². The van der Waals surface area contributed by atoms with Gasteiger partial charge in [0.25, 0.3) is 5.91 Å². The zero-order valence-corrected chi connectivity index (χ0v) is 16.0. The van der Waals surface area contributed by atoms with Crippen LogP contribution in [0.2, 0.25) is 0 Å². The highest BCUT2D eigenvalue weighted by molar-refractivity contribution is 7.16. The average molecular weight is 384 g/mol. The topological polar surface area (TPSA) is 69.9 Å². The smallest absolute Gasteiger partial charge is 0.326 e. The van der Waals surface area contributed by atoms with E-state index in [9.17, 15) is 9.59 Å². The van der Waals surface area contributed by atoms with Crippen molar-refractivity contribution >= 4 is 33.4 Å². The first-order chi connectivity index (χ1) is 13.1. The van der Waals surface area contributed by atoms with Crippen LogP contribution in [0, 0.1) is 6.92 Å². The lowest BCUT2D eigenvalue weighted by Gasteiger charge is -2.05. The zero-order chi connectivity index (χ0) is 19.2. The molecule has 140 valence electrons. The summed E-state index contributed by atoms with van der Waals surface area (Å²) in [6.07, 6.45) is 0. The van der Waals surface area contributed by atoms with E-state index in [1.165, 1.54) is 11.3 Å². The molecule has 7 heteroatoms. The summed E-state index contributed by atoms with van der Waals surface area (Å²) in [4.78, 5) is 28.9. The van der Waals surface area contributed by atoms with Crippen molar-refractivity contribution in [2.75, 3.05) is 13.2 Å². The first-order valence-corrected chi connectivity index (χ1v) is 9.39. The molecule has 2 aromatic carbocycles. The van der Waals surface area contributed by atoms with Crippen LogP contribution < -0.4 is 9.54 Å². The maximum atomic E-state index is 12.3. The largest absolute Gasteiger partial charge is 0.484 e. The van der Waals surface area contributed by atoms with Crippen LogP contribution in [0.1, 0.15) is 12.5 Å². The molecule has 0 fully saturated rings. The number of aromatic nitrogens is 1. The summed E-state index contributed by atoms with van der Waals surface area (Å²) in [5.74, 6) is -0.181. The van der Waals surface area contributed by atoms with Gasteiger partial charge < -0.3 is 14.0 Å². The highest BCUT2D eigenvalue weighted by atomic mass is 32.1. The molecule has 0 N–H and O–H groups in total. The molecule has 0 saturated carbocycles. The molecule has 3 rings (SSSR count). The number of benzene rings is 2. The third-order valence-electron chi connectivity index (χ3n) is 3.76. The van der Waals surface area contributed by atoms with E-state index in [0.29, 0.717) is 17.2 Å². The number of esters is 1. The number of carbonyl (C=O) groups excluding carboxylic acids is 2. The Morgan fingerprint density at radius 2 is 1.93 bits per heavy atom. The quantitative estimate of drug-likeness (QED) is 0.613. The number of thiazole rings is 1. The number of ether oxygens (including phenoxy) is 2. The number of hydrogen-bond donors (Lipinski definition) is 0. The summed E-state index contributed by atoms with van der Waals surface area (Å²) in [6, 6.07) is 15.0. The summed E-state index contributed by atoms with van der Waals surface area (Å²) in [6.45, 7) is 3.88. The summed E-state index contributed by atoms with van der Waals surface area (Å²) in [5.41, 5.74) is 1.94. The summed E-state index contributed by atoms with van der Waals surface area (Å²) in [7, 11) is 0. The molecular weight excluding hydrogens is 364 g/mol. The highest BCUT2D eigenvalue weighted by Crippen LogP contribution is 2.19. The number of hydrogen-bond acceptors (Lipinski definition) is 5. The first-order valence-electron chi connectivity index (χ1n) is 8.58. The van der Waals surface area contributed by atoms with E-state index in [1.807, 2.05) is 43.3 Å². The number of nitrogens with zero attached hydrogens (tertiary/aromatic N) is 2. The van der Waals surface area contributed by atoms with Crippen molar-refractivity contribution < 1.29 is 19.1 Å². The molecule has 1 amide bonds. The van der Waals surface area contributed by atoms with Gasteiger partial charge in [-0.1, -0.05) is 35.6 Å². The molecule has 1 heterocycles. The standard InChI is InChI=1S/C20H20N2O4S/c1-3-25-19(24)12-22-16-10-9-14(2)11-17(16)27-20(22)21-18(23)13-26-15-7-5-4-6-8-15/h4-11H,3,12-13H2,1-2H3. The Labute approximate surface area is 160 Å². The van der Waals surface area contributed by atoms with Crippen molar-refractivity contribution in [3.8, 4) is 5.75 Å². The zero-order valence-electron chi connectivity index (χ0n) is 15.2. The molecule has 0 saturated heterocycles. The molecule has 0 aliphatic heterocycles. The maximum absolute atomic E-state index is 12.3. The predicted octanol–water partition coefficient (Wildman–Crippen LogP) is 3.08. The average Bonchev–Trinajstić information content (AvgIpc) is 2.97. The number of aryl methyl sites for hydroxylation is 1. The van der Waals surface area contributed by atoms with E-state index >= 15 is 0 Å². The molecule has 1 aromatic heterocycles. The molecule has 0 aliphatic carbocycles. The van der Waals surface area contributed by atoms with Gasteiger partial charge in [-0.3, -0.25) is 9.59 Å². The molecule has 6 nitrogen and oxygen atoms in total. The van der Waals surface area contributed by atoms with E-state index in [-0.39, 0.29) is 19.1 Å². The second kappa shape index (κ2) is 8.64. The van der Waals surface area contributed by atoms with Crippen molar-refractivity contribution in [1.82, 2.24) is 4.57 Å². The van der Waals surface area contributed by atoms with Crippen LogP contribution in [0.15, 0.2) is 53.5 Å². The molecule has 3 aromatic rings. The molecule has 0 unspecified atom stereocenters. The van der Waals surface area contributed by atoms with E-state index in [2.05, 4.69) is 4.99 Å². The Morgan fingerprint density at radius 1 is 1.15 bits per heavy atom. The van der Waals surface area contributed by atoms with Gasteiger partial charge >= 0.3 is 5.97 Å². The van der Waals surface area contributed by atoms with Gasteiger partial charge in [0, 0.05) is 0 Å². The van der Waals surface area contributed by atoms with E-state index in [1.54, 1.807) is 23.6 Å². The monoisotopic (exact) mass is 384 g/mol. The van der Waals surface area contributed by atoms with E-state index in [4.69, 9.17) is 9.47 Å². The molecule has 0 radical (unpaired) electrons. The summed E-state index contributed by atoms with van der Waals surface area (Å²) < 4.78 is 13.2. The van der Waals surface area contributed by atoms with E-state index in [0.717, 1.165) is 15.8 Å². The van der Waals surface area contributed by atoms with Crippen LogP contribution in [0.5, 0.6) is 5.75 Å². The number of carbonyl (C=O) groups is 2. The van der Waals surface area contributed by atoms with Gasteiger partial charge in [0.2, 0.25) is 0 Å². The SMILES string of the molecule is CCOC(=O)Cn1c(=NC(=O)COc2ccccc2)sc2cc(C)ccc21. The van der Waals surface area contributed by atoms with Gasteiger partial charge in [0.1, 0.15) is 12.3 Å². The second-order valence-corrected chi connectivity index (χ2v) is 6.86. The molecule has 0 bridgehead atoms. The highest BCUT2D eigenvalue weighted by Gasteiger charge is 2.12. The van der Waals surface area contributed by atoms with Gasteiger partial charge in [0.05, 0.1) is 16.8 Å². The molecule has 0 atom stereocenters. The minimum absolute atomic E-state index is 0.00254. The Bertz CT molecular complexity index is 1020. The van der Waals surface area contributed by atoms with Crippen molar-refractivity contribution in [3.63, 3.8) is 0 Å². The molecule has 0 spiro atoms. The van der Waals surface area contributed by atoms with Gasteiger partial charge in [0.15, 0.2) is 11.4 Å². The molecule has 0 aliphatic rings. The third-order valence-corrected chi connectivity index (χ3v) is 4.80. The van der Waals surface area contributed by atoms with Gasteiger partial charge in [-0.15, -0.1) is 0 Å². The Morgan fingerprint density at radius 3 is 2.67 bits per heavy atom. The van der Waals surface area contributed by atoms with Gasteiger partial charge in [-0.05, 0) is 43.7 Å². The first kappa shape index (κ1) is 18.8. The normalized spacial score (nSPS) is 11.6. The minimum Gasteiger partial charge on any atom is -0.484 e. The van der Waals surface area contributed by atoms with Crippen LogP contribution in [-0.4, -0.2) is 29.7 Å². The lowest BCUT2D eigenvalue weighted by molar-refractivity contribution is -0.143. The molecular formula is C20H20N2O4S. The fraction of sp³-hybridized carbons (Fsp3) is 0.250. The van der Waals surface area contributed by atoms with Crippen molar-refractivity contribution in [2.24, 2.45) is 4.99 Å². The number of rotatable bonds is 6. The maximum Gasteiger partial charge on any atom is 0.326 e. The lowest BCUT2D eigenvalue weighted by Crippen LogP contribution is -2.24. The fourth-order valence-corrected chi connectivity index (χ4v) is 3.70. The van der Waals surface area contributed by atoms with Gasteiger partial charge in [-0.2, -0.15) is 4.99 Å². The number of fused-ring (bicyclic) bond motifs is 1. The van der Waals surface area contributed by atoms with Crippen molar-refractivity contribution in [2.45, 2.75) is 20.4 Å². The fourth-order valence-electron chi connectivity index (χ4n) is 2.56. The van der Waals surface area contributed by atoms with Crippen LogP contribution in [0.25, 0.3) is 10.2 Å². The summed E-state index contributed by atoms with van der Waals surface area (Å²) in [5, 5.41) is 0. The Kier molecular flexibility index (Phi) is 6.03. The van der Waals surface area contributed by atoms with Crippen LogP contribution >= 0.6 is 11.3 Å². The number of para-hydroxylation sites is 1. The van der Waals surface area contributed by atoms with Crippen LogP contribution in [0.4, 0.5) is 0 Å².